The first-order chi connectivity index (χ1) is 8.19. The molecule has 0 saturated carbocycles. The van der Waals surface area contributed by atoms with E-state index in [0.29, 0.717) is 0 Å². The van der Waals surface area contributed by atoms with Crippen LogP contribution in [-0.4, -0.2) is 40.1 Å². The van der Waals surface area contributed by atoms with E-state index in [1.54, 1.807) is 20.8 Å². The molecular formula is C10H15ClN2O5. The molecule has 1 amide bonds. The average Bonchev–Trinajstić information content (AvgIpc) is 2.57. The van der Waals surface area contributed by atoms with Crippen LogP contribution < -0.4 is 5.32 Å². The van der Waals surface area contributed by atoms with E-state index in [1.165, 1.54) is 0 Å². The number of carbonyl (C=O) groups excluding carboxylic acids is 1. The molecule has 0 fully saturated rings. The zero-order valence-electron chi connectivity index (χ0n) is 10.3. The summed E-state index contributed by atoms with van der Waals surface area (Å²) in [5, 5.41) is 14.8. The smallest absolute Gasteiger partial charge is 0.408 e. The van der Waals surface area contributed by atoms with E-state index >= 15 is 0 Å². The number of oxime groups is 1. The van der Waals surface area contributed by atoms with Crippen molar-refractivity contribution >= 4 is 28.8 Å². The molecule has 0 bridgehead atoms. The first-order valence-electron chi connectivity index (χ1n) is 5.29. The molecule has 1 aliphatic rings. The second-order valence-electron chi connectivity index (χ2n) is 4.78. The van der Waals surface area contributed by atoms with E-state index in [9.17, 15) is 9.59 Å². The molecule has 1 rings (SSSR count). The number of nitrogens with zero attached hydrogens (tertiary/aromatic N) is 1. The lowest BCUT2D eigenvalue weighted by Crippen LogP contribution is -2.50. The van der Waals surface area contributed by atoms with Crippen LogP contribution in [0.15, 0.2) is 5.16 Å². The Morgan fingerprint density at radius 1 is 1.61 bits per heavy atom. The number of nitrogens with one attached hydrogen (secondary N) is 1. The molecule has 2 atom stereocenters. The molecule has 0 aliphatic carbocycles. The van der Waals surface area contributed by atoms with Crippen LogP contribution >= 0.6 is 11.6 Å². The zero-order valence-corrected chi connectivity index (χ0v) is 11.0. The highest BCUT2D eigenvalue weighted by atomic mass is 35.5. The summed E-state index contributed by atoms with van der Waals surface area (Å²) in [5.74, 6) is -1.24. The lowest BCUT2D eigenvalue weighted by Gasteiger charge is -2.23. The number of carbonyl (C=O) groups is 2. The monoisotopic (exact) mass is 278 g/mol. The minimum absolute atomic E-state index is 0.133. The predicted octanol–water partition coefficient (Wildman–Crippen LogP) is 1.31. The molecule has 8 heteroatoms. The maximum atomic E-state index is 11.5. The molecular weight excluding hydrogens is 264 g/mol. The lowest BCUT2D eigenvalue weighted by atomic mass is 10.1. The summed E-state index contributed by atoms with van der Waals surface area (Å²) in [5.41, 5.74) is -0.711. The van der Waals surface area contributed by atoms with Gasteiger partial charge < -0.3 is 20.0 Å². The predicted molar refractivity (Wildman–Crippen MR) is 63.6 cm³/mol. The van der Waals surface area contributed by atoms with Gasteiger partial charge in [-0.2, -0.15) is 0 Å². The van der Waals surface area contributed by atoms with Crippen LogP contribution in [0.1, 0.15) is 27.2 Å². The highest BCUT2D eigenvalue weighted by Gasteiger charge is 2.36. The van der Waals surface area contributed by atoms with Gasteiger partial charge in [-0.3, -0.25) is 0 Å². The van der Waals surface area contributed by atoms with E-state index in [-0.39, 0.29) is 11.6 Å². The van der Waals surface area contributed by atoms with Crippen LogP contribution in [0, 0.1) is 0 Å². The number of hydrogen-bond acceptors (Lipinski definition) is 5. The van der Waals surface area contributed by atoms with Gasteiger partial charge in [0.2, 0.25) is 0 Å². The largest absolute Gasteiger partial charge is 0.480 e. The molecule has 0 saturated heterocycles. The Kier molecular flexibility index (Phi) is 4.39. The topological polar surface area (TPSA) is 97.2 Å². The van der Waals surface area contributed by atoms with Gasteiger partial charge in [0, 0.05) is 6.42 Å². The van der Waals surface area contributed by atoms with Gasteiger partial charge in [-0.25, -0.2) is 9.59 Å². The van der Waals surface area contributed by atoms with Crippen molar-refractivity contribution < 1.29 is 24.3 Å². The Bertz CT molecular complexity index is 377. The normalized spacial score (nSPS) is 20.7. The first kappa shape index (κ1) is 14.6. The molecule has 7 nitrogen and oxygen atoms in total. The summed E-state index contributed by atoms with van der Waals surface area (Å²) < 4.78 is 4.97. The Morgan fingerprint density at radius 2 is 2.22 bits per heavy atom. The maximum Gasteiger partial charge on any atom is 0.408 e. The molecule has 0 aromatic carbocycles. The SMILES string of the molecule is CC(C)(C)OC(=O)N[C@H](C(=O)O)C1CC(Cl)=NO1. The third-order valence-electron chi connectivity index (χ3n) is 1.97. The van der Waals surface area contributed by atoms with Crippen molar-refractivity contribution in [1.82, 2.24) is 5.32 Å². The lowest BCUT2D eigenvalue weighted by molar-refractivity contribution is -0.143. The summed E-state index contributed by atoms with van der Waals surface area (Å²) in [6, 6.07) is -1.26. The van der Waals surface area contributed by atoms with E-state index in [1.807, 2.05) is 0 Å². The quantitative estimate of drug-likeness (QED) is 0.811. The fraction of sp³-hybridized carbons (Fsp3) is 0.700. The van der Waals surface area contributed by atoms with Crippen molar-refractivity contribution in [3.63, 3.8) is 0 Å². The Morgan fingerprint density at radius 3 is 2.61 bits per heavy atom. The number of hydrogen-bond donors (Lipinski definition) is 2. The number of ether oxygens (including phenoxy) is 1. The highest BCUT2D eigenvalue weighted by Crippen LogP contribution is 2.17. The molecule has 1 heterocycles. The Labute approximate surface area is 109 Å². The number of halogens is 1. The van der Waals surface area contributed by atoms with Crippen LogP contribution in [-0.2, 0) is 14.4 Å². The molecule has 1 aliphatic heterocycles. The van der Waals surface area contributed by atoms with Gasteiger partial charge in [0.25, 0.3) is 0 Å². The standard InChI is InChI=1S/C10H15ClN2O5/c1-10(2,3)17-9(16)12-7(8(14)15)5-4-6(11)13-18-5/h5,7H,4H2,1-3H3,(H,12,16)(H,14,15)/t5?,7-/m0/s1. The zero-order chi connectivity index (χ0) is 13.9. The van der Waals surface area contributed by atoms with Crippen LogP contribution in [0.25, 0.3) is 0 Å². The van der Waals surface area contributed by atoms with Crippen LogP contribution in [0.4, 0.5) is 4.79 Å². The van der Waals surface area contributed by atoms with Gasteiger partial charge in [-0.1, -0.05) is 16.8 Å². The van der Waals surface area contributed by atoms with E-state index in [4.69, 9.17) is 26.3 Å². The molecule has 0 aromatic heterocycles. The third kappa shape index (κ3) is 4.40. The number of aliphatic carboxylic acids is 1. The van der Waals surface area contributed by atoms with Gasteiger partial charge in [0.15, 0.2) is 12.1 Å². The van der Waals surface area contributed by atoms with Crippen LogP contribution in [0.5, 0.6) is 0 Å². The van der Waals surface area contributed by atoms with E-state index in [2.05, 4.69) is 10.5 Å². The number of amides is 1. The molecule has 2 N–H and O–H groups in total. The molecule has 0 spiro atoms. The minimum atomic E-state index is -1.26. The van der Waals surface area contributed by atoms with Crippen LogP contribution in [0.2, 0.25) is 0 Å². The molecule has 0 radical (unpaired) electrons. The molecule has 0 aromatic rings. The number of rotatable bonds is 3. The highest BCUT2D eigenvalue weighted by molar-refractivity contribution is 6.65. The van der Waals surface area contributed by atoms with Crippen molar-refractivity contribution in [1.29, 1.82) is 0 Å². The Hall–Kier alpha value is -1.50. The van der Waals surface area contributed by atoms with Gasteiger partial charge in [0.05, 0.1) is 0 Å². The number of carboxylic acid groups (broad SMARTS) is 1. The summed E-state index contributed by atoms with van der Waals surface area (Å²) in [6.45, 7) is 5.03. The molecule has 102 valence electrons. The van der Waals surface area contributed by atoms with E-state index in [0.717, 1.165) is 0 Å². The Balaban J connectivity index is 2.59. The fourth-order valence-electron chi connectivity index (χ4n) is 1.29. The molecule has 18 heavy (non-hydrogen) atoms. The van der Waals surface area contributed by atoms with Gasteiger partial charge in [-0.15, -0.1) is 0 Å². The average molecular weight is 279 g/mol. The molecule has 1 unspecified atom stereocenters. The second kappa shape index (κ2) is 5.43. The second-order valence-corrected chi connectivity index (χ2v) is 5.21. The van der Waals surface area contributed by atoms with Crippen molar-refractivity contribution in [2.75, 3.05) is 0 Å². The summed E-state index contributed by atoms with van der Waals surface area (Å²) in [4.78, 5) is 27.4. The number of alkyl carbamates (subject to hydrolysis) is 1. The maximum absolute atomic E-state index is 11.5. The summed E-state index contributed by atoms with van der Waals surface area (Å²) in [6.07, 6.45) is -1.53. The van der Waals surface area contributed by atoms with Gasteiger partial charge >= 0.3 is 12.1 Å². The number of carboxylic acids is 1. The van der Waals surface area contributed by atoms with Crippen molar-refractivity contribution in [2.45, 2.75) is 44.9 Å². The minimum Gasteiger partial charge on any atom is -0.480 e. The van der Waals surface area contributed by atoms with Gasteiger partial charge in [0.1, 0.15) is 10.8 Å². The van der Waals surface area contributed by atoms with Crippen molar-refractivity contribution in [3.05, 3.63) is 0 Å². The first-order valence-corrected chi connectivity index (χ1v) is 5.67. The fourth-order valence-corrected chi connectivity index (χ4v) is 1.48. The van der Waals surface area contributed by atoms with Gasteiger partial charge in [-0.05, 0) is 20.8 Å². The summed E-state index contributed by atoms with van der Waals surface area (Å²) in [7, 11) is 0. The van der Waals surface area contributed by atoms with Crippen molar-refractivity contribution in [2.24, 2.45) is 5.16 Å². The van der Waals surface area contributed by atoms with Crippen LogP contribution in [0.3, 0.4) is 0 Å². The summed E-state index contributed by atoms with van der Waals surface area (Å²) >= 11 is 5.59. The third-order valence-corrected chi connectivity index (χ3v) is 2.19. The van der Waals surface area contributed by atoms with E-state index < -0.39 is 29.8 Å². The van der Waals surface area contributed by atoms with Crippen molar-refractivity contribution in [3.8, 4) is 0 Å².